The number of hydrogen-bond donors (Lipinski definition) is 1. The van der Waals surface area contributed by atoms with Gasteiger partial charge >= 0.3 is 0 Å². The fourth-order valence-corrected chi connectivity index (χ4v) is 4.16. The largest absolute Gasteiger partial charge is 0.355 e. The maximum absolute atomic E-state index is 11.5. The minimum Gasteiger partial charge on any atom is -0.355 e. The summed E-state index contributed by atoms with van der Waals surface area (Å²) in [5.74, 6) is 1.20. The van der Waals surface area contributed by atoms with Gasteiger partial charge in [0, 0.05) is 30.4 Å². The Labute approximate surface area is 132 Å². The molecule has 0 unspecified atom stereocenters. The van der Waals surface area contributed by atoms with Crippen molar-refractivity contribution in [3.05, 3.63) is 35.4 Å². The van der Waals surface area contributed by atoms with Crippen LogP contribution >= 0.6 is 11.8 Å². The van der Waals surface area contributed by atoms with Gasteiger partial charge in [0.2, 0.25) is 0 Å². The van der Waals surface area contributed by atoms with E-state index in [2.05, 4.69) is 48.1 Å². The molecular weight excluding hydrogens is 280 g/mol. The van der Waals surface area contributed by atoms with Gasteiger partial charge in [-0.15, -0.1) is 0 Å². The molecular formula is C17H26N2OS. The Bertz CT molecular complexity index is 460. The van der Waals surface area contributed by atoms with Crippen molar-refractivity contribution < 1.29 is 4.79 Å². The van der Waals surface area contributed by atoms with E-state index in [9.17, 15) is 4.79 Å². The van der Waals surface area contributed by atoms with Crippen LogP contribution in [0.4, 0.5) is 0 Å². The van der Waals surface area contributed by atoms with Gasteiger partial charge in [-0.05, 0) is 49.8 Å². The number of thioether (sulfide) groups is 1. The summed E-state index contributed by atoms with van der Waals surface area (Å²) in [6.07, 6.45) is 3.97. The van der Waals surface area contributed by atoms with Crippen LogP contribution in [0.3, 0.4) is 0 Å². The quantitative estimate of drug-likeness (QED) is 0.876. The van der Waals surface area contributed by atoms with Crippen LogP contribution in [0.2, 0.25) is 0 Å². The first-order valence-corrected chi connectivity index (χ1v) is 8.81. The van der Waals surface area contributed by atoms with Gasteiger partial charge in [0.15, 0.2) is 0 Å². The van der Waals surface area contributed by atoms with Crippen molar-refractivity contribution in [1.29, 1.82) is 0 Å². The highest BCUT2D eigenvalue weighted by Crippen LogP contribution is 2.32. The summed E-state index contributed by atoms with van der Waals surface area (Å²) in [6.45, 7) is 3.21. The number of amides is 1. The maximum Gasteiger partial charge on any atom is 0.251 e. The summed E-state index contributed by atoms with van der Waals surface area (Å²) in [6, 6.07) is 8.65. The summed E-state index contributed by atoms with van der Waals surface area (Å²) in [5.41, 5.74) is 2.00. The van der Waals surface area contributed by atoms with E-state index in [4.69, 9.17) is 0 Å². The summed E-state index contributed by atoms with van der Waals surface area (Å²) < 4.78 is 0. The van der Waals surface area contributed by atoms with E-state index in [1.165, 1.54) is 30.6 Å². The topological polar surface area (TPSA) is 32.3 Å². The molecule has 1 amide bonds. The smallest absolute Gasteiger partial charge is 0.251 e. The zero-order chi connectivity index (χ0) is 15.2. The van der Waals surface area contributed by atoms with Crippen molar-refractivity contribution in [1.82, 2.24) is 10.2 Å². The first-order chi connectivity index (χ1) is 10.1. The van der Waals surface area contributed by atoms with Gasteiger partial charge in [0.25, 0.3) is 5.91 Å². The number of benzene rings is 1. The molecule has 4 heteroatoms. The average Bonchev–Trinajstić information content (AvgIpc) is 2.96. The van der Waals surface area contributed by atoms with Gasteiger partial charge in [-0.3, -0.25) is 9.69 Å². The Hall–Kier alpha value is -1.00. The Balaban J connectivity index is 1.88. The number of nitrogens with one attached hydrogen (secondary N) is 1. The normalized spacial score (nSPS) is 21.7. The highest BCUT2D eigenvalue weighted by molar-refractivity contribution is 7.99. The van der Waals surface area contributed by atoms with Crippen LogP contribution in [0.1, 0.15) is 42.1 Å². The predicted octanol–water partition coefficient (Wildman–Crippen LogP) is 3.15. The van der Waals surface area contributed by atoms with Gasteiger partial charge in [-0.1, -0.05) is 19.1 Å². The summed E-state index contributed by atoms with van der Waals surface area (Å²) in [7, 11) is 3.88. The van der Waals surface area contributed by atoms with Gasteiger partial charge in [0.1, 0.15) is 0 Å². The minimum atomic E-state index is -0.0230. The van der Waals surface area contributed by atoms with Crippen LogP contribution in [-0.4, -0.2) is 41.9 Å². The minimum absolute atomic E-state index is 0.0230. The van der Waals surface area contributed by atoms with Gasteiger partial charge in [-0.25, -0.2) is 0 Å². The van der Waals surface area contributed by atoms with Crippen LogP contribution in [-0.2, 0) is 6.54 Å². The lowest BCUT2D eigenvalue weighted by molar-refractivity contribution is 0.0963. The van der Waals surface area contributed by atoms with E-state index in [-0.39, 0.29) is 5.91 Å². The molecule has 1 aromatic rings. The Morgan fingerprint density at radius 2 is 2.05 bits per heavy atom. The van der Waals surface area contributed by atoms with Gasteiger partial charge < -0.3 is 5.32 Å². The number of rotatable bonds is 6. The van der Waals surface area contributed by atoms with E-state index < -0.39 is 0 Å². The third-order valence-corrected chi connectivity index (χ3v) is 5.49. The van der Waals surface area contributed by atoms with E-state index in [1.807, 2.05) is 12.1 Å². The second-order valence-corrected chi connectivity index (χ2v) is 7.31. The Morgan fingerprint density at radius 3 is 2.67 bits per heavy atom. The molecule has 21 heavy (non-hydrogen) atoms. The van der Waals surface area contributed by atoms with Crippen molar-refractivity contribution in [3.8, 4) is 0 Å². The van der Waals surface area contributed by atoms with E-state index >= 15 is 0 Å². The van der Waals surface area contributed by atoms with Crippen molar-refractivity contribution in [2.24, 2.45) is 0 Å². The number of hydrogen-bond acceptors (Lipinski definition) is 3. The van der Waals surface area contributed by atoms with Crippen LogP contribution < -0.4 is 5.32 Å². The molecule has 0 spiro atoms. The van der Waals surface area contributed by atoms with Crippen molar-refractivity contribution in [2.75, 3.05) is 19.8 Å². The standard InChI is InChI=1S/C17H26N2OS/c1-4-21-16-10-9-15(11-16)19(3)12-13-5-7-14(8-6-13)17(20)18-2/h5-8,15-16H,4,9-12H2,1-3H3,(H,18,20)/t15-,16-/m1/s1. The zero-order valence-electron chi connectivity index (χ0n) is 13.3. The molecule has 116 valence electrons. The first kappa shape index (κ1) is 16.4. The SMILES string of the molecule is CCS[C@@H]1CC[C@@H](N(C)Cc2ccc(C(=O)NC)cc2)C1. The molecule has 0 heterocycles. The van der Waals surface area contributed by atoms with Crippen LogP contribution in [0.25, 0.3) is 0 Å². The second kappa shape index (κ2) is 7.85. The summed E-state index contributed by atoms with van der Waals surface area (Å²) >= 11 is 2.10. The number of carbonyl (C=O) groups is 1. The van der Waals surface area contributed by atoms with Crippen molar-refractivity contribution >= 4 is 17.7 Å². The molecule has 1 aliphatic carbocycles. The summed E-state index contributed by atoms with van der Waals surface area (Å²) in [5, 5.41) is 3.50. The lowest BCUT2D eigenvalue weighted by Gasteiger charge is -2.24. The highest BCUT2D eigenvalue weighted by atomic mass is 32.2. The lowest BCUT2D eigenvalue weighted by atomic mass is 10.1. The molecule has 2 rings (SSSR count). The molecule has 0 radical (unpaired) electrons. The van der Waals surface area contributed by atoms with Gasteiger partial charge in [-0.2, -0.15) is 11.8 Å². The van der Waals surface area contributed by atoms with Crippen LogP contribution in [0.5, 0.6) is 0 Å². The first-order valence-electron chi connectivity index (χ1n) is 7.77. The monoisotopic (exact) mass is 306 g/mol. The molecule has 2 atom stereocenters. The molecule has 1 fully saturated rings. The average molecular weight is 306 g/mol. The fourth-order valence-electron chi connectivity index (χ4n) is 3.03. The predicted molar refractivity (Wildman–Crippen MR) is 90.9 cm³/mol. The molecule has 1 aliphatic rings. The van der Waals surface area contributed by atoms with E-state index in [0.29, 0.717) is 6.04 Å². The fraction of sp³-hybridized carbons (Fsp3) is 0.588. The van der Waals surface area contributed by atoms with Crippen LogP contribution in [0, 0.1) is 0 Å². The molecule has 1 N–H and O–H groups in total. The molecule has 0 bridgehead atoms. The zero-order valence-corrected chi connectivity index (χ0v) is 14.1. The number of carbonyl (C=O) groups excluding carboxylic acids is 1. The highest BCUT2D eigenvalue weighted by Gasteiger charge is 2.27. The molecule has 0 aromatic heterocycles. The lowest BCUT2D eigenvalue weighted by Crippen LogP contribution is -2.29. The molecule has 3 nitrogen and oxygen atoms in total. The van der Waals surface area contributed by atoms with Crippen LogP contribution in [0.15, 0.2) is 24.3 Å². The number of nitrogens with zero attached hydrogens (tertiary/aromatic N) is 1. The molecule has 0 saturated heterocycles. The van der Waals surface area contributed by atoms with E-state index in [1.54, 1.807) is 7.05 Å². The van der Waals surface area contributed by atoms with Crippen molar-refractivity contribution in [3.63, 3.8) is 0 Å². The third kappa shape index (κ3) is 4.48. The summed E-state index contributed by atoms with van der Waals surface area (Å²) in [4.78, 5) is 14.0. The third-order valence-electron chi connectivity index (χ3n) is 4.26. The molecule has 1 aromatic carbocycles. The van der Waals surface area contributed by atoms with Crippen molar-refractivity contribution in [2.45, 2.75) is 44.0 Å². The van der Waals surface area contributed by atoms with Gasteiger partial charge in [0.05, 0.1) is 0 Å². The Kier molecular flexibility index (Phi) is 6.12. The second-order valence-electron chi connectivity index (χ2n) is 5.74. The maximum atomic E-state index is 11.5. The molecule has 0 aliphatic heterocycles. The molecule has 1 saturated carbocycles. The Morgan fingerprint density at radius 1 is 1.33 bits per heavy atom. The van der Waals surface area contributed by atoms with E-state index in [0.717, 1.165) is 17.4 Å².